The van der Waals surface area contributed by atoms with E-state index in [-0.39, 0.29) is 28.5 Å². The summed E-state index contributed by atoms with van der Waals surface area (Å²) in [6.45, 7) is 0.898. The average molecular weight is 391 g/mol. The number of hydrogen-bond donors (Lipinski definition) is 1. The standard InChI is InChI=1S/C14H15ClN2O7S/c1-14(4-5-25(22,23)8-14)16-12(18)7-24-13(19)10-3-2-9(15)6-11(10)17(20)21/h2-3,6H,4-5,7-8H2,1H3,(H,16,18)/t14-/m1/s1. The molecule has 0 saturated carbocycles. The fraction of sp³-hybridized carbons (Fsp3) is 0.429. The van der Waals surface area contributed by atoms with Gasteiger partial charge in [0.25, 0.3) is 11.6 Å². The van der Waals surface area contributed by atoms with E-state index in [2.05, 4.69) is 5.32 Å². The van der Waals surface area contributed by atoms with Gasteiger partial charge in [0, 0.05) is 11.1 Å². The molecule has 1 atom stereocenters. The van der Waals surface area contributed by atoms with Crippen LogP contribution in [0.1, 0.15) is 23.7 Å². The first-order chi connectivity index (χ1) is 11.5. The Hall–Kier alpha value is -2.20. The lowest BCUT2D eigenvalue weighted by molar-refractivity contribution is -0.385. The van der Waals surface area contributed by atoms with Crippen LogP contribution in [-0.2, 0) is 19.4 Å². The van der Waals surface area contributed by atoms with Crippen molar-refractivity contribution in [1.82, 2.24) is 5.32 Å². The predicted octanol–water partition coefficient (Wildman–Crippen LogP) is 1.10. The van der Waals surface area contributed by atoms with Gasteiger partial charge in [-0.05, 0) is 25.5 Å². The van der Waals surface area contributed by atoms with Gasteiger partial charge < -0.3 is 10.1 Å². The Morgan fingerprint density at radius 2 is 2.12 bits per heavy atom. The number of ether oxygens (including phenoxy) is 1. The van der Waals surface area contributed by atoms with Crippen molar-refractivity contribution in [3.8, 4) is 0 Å². The molecule has 9 nitrogen and oxygen atoms in total. The molecule has 0 spiro atoms. The minimum Gasteiger partial charge on any atom is -0.452 e. The normalized spacial score (nSPS) is 21.5. The second-order valence-corrected chi connectivity index (χ2v) is 8.57. The van der Waals surface area contributed by atoms with Crippen LogP contribution in [0.15, 0.2) is 18.2 Å². The number of halogens is 1. The summed E-state index contributed by atoms with van der Waals surface area (Å²) in [6.07, 6.45) is 0.262. The molecule has 25 heavy (non-hydrogen) atoms. The molecule has 1 aliphatic heterocycles. The number of nitrogens with zero attached hydrogens (tertiary/aromatic N) is 1. The molecule has 1 fully saturated rings. The molecule has 1 aromatic rings. The third-order valence-electron chi connectivity index (χ3n) is 3.66. The maximum absolute atomic E-state index is 12.0. The van der Waals surface area contributed by atoms with Gasteiger partial charge in [0.05, 0.1) is 22.0 Å². The zero-order valence-corrected chi connectivity index (χ0v) is 14.7. The quantitative estimate of drug-likeness (QED) is 0.452. The summed E-state index contributed by atoms with van der Waals surface area (Å²) in [5.41, 5.74) is -1.79. The molecule has 2 rings (SSSR count). The summed E-state index contributed by atoms with van der Waals surface area (Å²) in [5, 5.41) is 13.5. The van der Waals surface area contributed by atoms with Crippen molar-refractivity contribution in [3.63, 3.8) is 0 Å². The van der Waals surface area contributed by atoms with Crippen molar-refractivity contribution in [3.05, 3.63) is 38.9 Å². The van der Waals surface area contributed by atoms with Crippen LogP contribution in [0, 0.1) is 10.1 Å². The van der Waals surface area contributed by atoms with Crippen LogP contribution in [0.3, 0.4) is 0 Å². The number of sulfone groups is 1. The molecular weight excluding hydrogens is 376 g/mol. The number of rotatable bonds is 5. The van der Waals surface area contributed by atoms with Gasteiger partial charge in [-0.1, -0.05) is 11.6 Å². The van der Waals surface area contributed by atoms with Crippen LogP contribution < -0.4 is 5.32 Å². The van der Waals surface area contributed by atoms with E-state index < -0.39 is 44.5 Å². The first-order valence-corrected chi connectivity index (χ1v) is 9.34. The summed E-state index contributed by atoms with van der Waals surface area (Å²) in [4.78, 5) is 34.0. The number of nitrogens with one attached hydrogen (secondary N) is 1. The van der Waals surface area contributed by atoms with Crippen molar-refractivity contribution in [2.45, 2.75) is 18.9 Å². The summed E-state index contributed by atoms with van der Waals surface area (Å²) in [7, 11) is -3.20. The summed E-state index contributed by atoms with van der Waals surface area (Å²) >= 11 is 5.66. The van der Waals surface area contributed by atoms with E-state index in [9.17, 15) is 28.1 Å². The Balaban J connectivity index is 1.99. The first kappa shape index (κ1) is 19.1. The van der Waals surface area contributed by atoms with Crippen molar-refractivity contribution < 1.29 is 27.7 Å². The lowest BCUT2D eigenvalue weighted by atomic mass is 10.0. The molecule has 0 unspecified atom stereocenters. The van der Waals surface area contributed by atoms with Crippen molar-refractivity contribution in [2.75, 3.05) is 18.1 Å². The van der Waals surface area contributed by atoms with E-state index in [0.717, 1.165) is 12.1 Å². The van der Waals surface area contributed by atoms with Gasteiger partial charge in [-0.15, -0.1) is 0 Å². The summed E-state index contributed by atoms with van der Waals surface area (Å²) < 4.78 is 27.8. The number of esters is 1. The van der Waals surface area contributed by atoms with Gasteiger partial charge in [-0.3, -0.25) is 14.9 Å². The maximum Gasteiger partial charge on any atom is 0.345 e. The topological polar surface area (TPSA) is 133 Å². The lowest BCUT2D eigenvalue weighted by Gasteiger charge is -2.23. The molecule has 0 aliphatic carbocycles. The van der Waals surface area contributed by atoms with Crippen LogP contribution in [0.2, 0.25) is 5.02 Å². The smallest absolute Gasteiger partial charge is 0.345 e. The van der Waals surface area contributed by atoms with Crippen LogP contribution >= 0.6 is 11.6 Å². The number of carbonyl (C=O) groups is 2. The maximum atomic E-state index is 12.0. The molecule has 1 N–H and O–H groups in total. The zero-order valence-electron chi connectivity index (χ0n) is 13.2. The van der Waals surface area contributed by atoms with Crippen LogP contribution in [-0.4, -0.2) is 48.9 Å². The van der Waals surface area contributed by atoms with Gasteiger partial charge >= 0.3 is 5.97 Å². The molecule has 1 amide bonds. The number of amides is 1. The third kappa shape index (κ3) is 4.89. The van der Waals surface area contributed by atoms with Crippen LogP contribution in [0.4, 0.5) is 5.69 Å². The molecule has 1 saturated heterocycles. The predicted molar refractivity (Wildman–Crippen MR) is 88.2 cm³/mol. The highest BCUT2D eigenvalue weighted by atomic mass is 35.5. The highest BCUT2D eigenvalue weighted by molar-refractivity contribution is 7.91. The van der Waals surface area contributed by atoms with E-state index in [4.69, 9.17) is 16.3 Å². The SMILES string of the molecule is C[C@@]1(NC(=O)COC(=O)c2ccc(Cl)cc2[N+](=O)[O-])CCS(=O)(=O)C1. The number of hydrogen-bond acceptors (Lipinski definition) is 7. The van der Waals surface area contributed by atoms with Gasteiger partial charge in [0.1, 0.15) is 5.56 Å². The largest absolute Gasteiger partial charge is 0.452 e. The summed E-state index contributed by atoms with van der Waals surface area (Å²) in [6, 6.07) is 3.42. The van der Waals surface area contributed by atoms with E-state index in [0.29, 0.717) is 0 Å². The number of nitro groups is 1. The summed E-state index contributed by atoms with van der Waals surface area (Å²) in [5.74, 6) is -1.96. The Bertz CT molecular complexity index is 840. The lowest BCUT2D eigenvalue weighted by Crippen LogP contribution is -2.48. The average Bonchev–Trinajstić information content (AvgIpc) is 2.77. The van der Waals surface area contributed by atoms with E-state index in [1.807, 2.05) is 0 Å². The molecule has 0 radical (unpaired) electrons. The van der Waals surface area contributed by atoms with Crippen molar-refractivity contribution in [2.24, 2.45) is 0 Å². The second-order valence-electron chi connectivity index (χ2n) is 5.95. The van der Waals surface area contributed by atoms with E-state index >= 15 is 0 Å². The second kappa shape index (κ2) is 6.96. The Morgan fingerprint density at radius 3 is 2.68 bits per heavy atom. The Kier molecular flexibility index (Phi) is 5.33. The highest BCUT2D eigenvalue weighted by Gasteiger charge is 2.39. The van der Waals surface area contributed by atoms with Crippen molar-refractivity contribution in [1.29, 1.82) is 0 Å². The fourth-order valence-corrected chi connectivity index (χ4v) is 4.78. The zero-order chi connectivity index (χ0) is 18.8. The van der Waals surface area contributed by atoms with Gasteiger partial charge in [0.15, 0.2) is 16.4 Å². The van der Waals surface area contributed by atoms with Gasteiger partial charge in [-0.25, -0.2) is 13.2 Å². The van der Waals surface area contributed by atoms with E-state index in [1.54, 1.807) is 6.92 Å². The molecule has 0 aromatic heterocycles. The highest BCUT2D eigenvalue weighted by Crippen LogP contribution is 2.24. The molecule has 11 heteroatoms. The molecule has 0 bridgehead atoms. The number of benzene rings is 1. The minimum atomic E-state index is -3.20. The first-order valence-electron chi connectivity index (χ1n) is 7.14. The molecule has 1 aromatic carbocycles. The number of carbonyl (C=O) groups excluding carboxylic acids is 2. The minimum absolute atomic E-state index is 0.0272. The van der Waals surface area contributed by atoms with E-state index in [1.165, 1.54) is 6.07 Å². The molecular formula is C14H15ClN2O7S. The molecule has 136 valence electrons. The Morgan fingerprint density at radius 1 is 1.44 bits per heavy atom. The third-order valence-corrected chi connectivity index (χ3v) is 5.79. The molecule has 1 heterocycles. The monoisotopic (exact) mass is 390 g/mol. The molecule has 1 aliphatic rings. The van der Waals surface area contributed by atoms with Crippen molar-refractivity contribution >= 4 is 39.0 Å². The Labute approximate surface area is 148 Å². The number of nitro benzene ring substituents is 1. The van der Waals surface area contributed by atoms with Gasteiger partial charge in [0.2, 0.25) is 0 Å². The van der Waals surface area contributed by atoms with Gasteiger partial charge in [-0.2, -0.15) is 0 Å². The fourth-order valence-electron chi connectivity index (χ4n) is 2.52. The van der Waals surface area contributed by atoms with Crippen LogP contribution in [0.5, 0.6) is 0 Å². The van der Waals surface area contributed by atoms with Crippen LogP contribution in [0.25, 0.3) is 0 Å².